The number of carbonyl (C=O) groups is 1. The molecule has 20 heavy (non-hydrogen) atoms. The van der Waals surface area contributed by atoms with E-state index >= 15 is 0 Å². The molecule has 0 aromatic heterocycles. The van der Waals surface area contributed by atoms with Crippen molar-refractivity contribution in [2.24, 2.45) is 5.92 Å². The molecular formula is C15H20Cl2O3. The van der Waals surface area contributed by atoms with Crippen LogP contribution in [0.4, 0.5) is 0 Å². The smallest absolute Gasteiger partial charge is 0.312 e. The number of esters is 1. The number of halogens is 2. The highest BCUT2D eigenvalue weighted by Crippen LogP contribution is 2.38. The molecule has 3 nitrogen and oxygen atoms in total. The predicted molar refractivity (Wildman–Crippen MR) is 81.1 cm³/mol. The van der Waals surface area contributed by atoms with Gasteiger partial charge in [-0.25, -0.2) is 0 Å². The van der Waals surface area contributed by atoms with Crippen LogP contribution in [0.1, 0.15) is 39.2 Å². The predicted octanol–water partition coefficient (Wildman–Crippen LogP) is 4.18. The fourth-order valence-electron chi connectivity index (χ4n) is 2.25. The Morgan fingerprint density at radius 3 is 2.55 bits per heavy atom. The quantitative estimate of drug-likeness (QED) is 0.800. The molecule has 2 atom stereocenters. The molecular weight excluding hydrogens is 299 g/mol. The van der Waals surface area contributed by atoms with Gasteiger partial charge in [0.25, 0.3) is 0 Å². The molecule has 1 aromatic rings. The second-order valence-electron chi connectivity index (χ2n) is 4.86. The summed E-state index contributed by atoms with van der Waals surface area (Å²) in [6.45, 7) is 5.56. The lowest BCUT2D eigenvalue weighted by Gasteiger charge is -2.32. The first kappa shape index (κ1) is 17.3. The highest BCUT2D eigenvalue weighted by Gasteiger charge is 2.40. The van der Waals surface area contributed by atoms with Crippen LogP contribution < -0.4 is 0 Å². The highest BCUT2D eigenvalue weighted by molar-refractivity contribution is 6.35. The minimum Gasteiger partial charge on any atom is -0.466 e. The number of aliphatic hydroxyl groups is 1. The van der Waals surface area contributed by atoms with Crippen molar-refractivity contribution in [1.82, 2.24) is 0 Å². The van der Waals surface area contributed by atoms with Crippen molar-refractivity contribution in [3.63, 3.8) is 0 Å². The van der Waals surface area contributed by atoms with Gasteiger partial charge < -0.3 is 9.84 Å². The summed E-state index contributed by atoms with van der Waals surface area (Å²) in [5.74, 6) is -1.07. The lowest BCUT2D eigenvalue weighted by Crippen LogP contribution is -2.38. The first-order valence-electron chi connectivity index (χ1n) is 6.69. The summed E-state index contributed by atoms with van der Waals surface area (Å²) in [5, 5.41) is 11.6. The van der Waals surface area contributed by atoms with Crippen LogP contribution >= 0.6 is 23.2 Å². The van der Waals surface area contributed by atoms with Gasteiger partial charge in [0.15, 0.2) is 0 Å². The summed E-state index contributed by atoms with van der Waals surface area (Å²) in [7, 11) is 0. The van der Waals surface area contributed by atoms with Gasteiger partial charge >= 0.3 is 5.97 Å². The van der Waals surface area contributed by atoms with Crippen molar-refractivity contribution in [1.29, 1.82) is 0 Å². The molecule has 0 fully saturated rings. The second kappa shape index (κ2) is 7.30. The van der Waals surface area contributed by atoms with Crippen LogP contribution in [0.25, 0.3) is 0 Å². The van der Waals surface area contributed by atoms with Crippen molar-refractivity contribution < 1.29 is 14.6 Å². The Kier molecular flexibility index (Phi) is 6.31. The number of ether oxygens (including phenoxy) is 1. The molecule has 0 heterocycles. The lowest BCUT2D eigenvalue weighted by molar-refractivity contribution is -0.158. The molecule has 0 aliphatic rings. The highest BCUT2D eigenvalue weighted by atomic mass is 35.5. The zero-order chi connectivity index (χ0) is 15.3. The van der Waals surface area contributed by atoms with E-state index in [1.165, 1.54) is 0 Å². The summed E-state index contributed by atoms with van der Waals surface area (Å²) in [5.41, 5.74) is -0.917. The van der Waals surface area contributed by atoms with Gasteiger partial charge in [0.1, 0.15) is 5.60 Å². The Labute approximate surface area is 129 Å². The van der Waals surface area contributed by atoms with Gasteiger partial charge in [-0.1, -0.05) is 42.6 Å². The first-order valence-corrected chi connectivity index (χ1v) is 7.44. The summed E-state index contributed by atoms with van der Waals surface area (Å²) < 4.78 is 5.06. The normalized spacial score (nSPS) is 15.5. The van der Waals surface area contributed by atoms with Gasteiger partial charge in [0, 0.05) is 15.6 Å². The number of hydrogen-bond acceptors (Lipinski definition) is 3. The van der Waals surface area contributed by atoms with Gasteiger partial charge in [-0.3, -0.25) is 4.79 Å². The third kappa shape index (κ3) is 3.87. The Bertz CT molecular complexity index is 472. The molecule has 1 aromatic carbocycles. The topological polar surface area (TPSA) is 46.5 Å². The standard InChI is InChI=1S/C15H20Cl2O3/c1-4-6-12(14(18)20-5-2)15(3,19)11-8-7-10(16)9-13(11)17/h7-9,12,19H,4-6H2,1-3H3. The summed E-state index contributed by atoms with van der Waals surface area (Å²) in [6, 6.07) is 4.85. The summed E-state index contributed by atoms with van der Waals surface area (Å²) >= 11 is 12.0. The van der Waals surface area contributed by atoms with E-state index in [1.807, 2.05) is 6.92 Å². The Morgan fingerprint density at radius 2 is 2.05 bits per heavy atom. The molecule has 0 bridgehead atoms. The van der Waals surface area contributed by atoms with Crippen LogP contribution in [0, 0.1) is 5.92 Å². The molecule has 1 N–H and O–H groups in total. The molecule has 2 unspecified atom stereocenters. The number of hydrogen-bond donors (Lipinski definition) is 1. The molecule has 0 spiro atoms. The average Bonchev–Trinajstić information content (AvgIpc) is 2.35. The zero-order valence-corrected chi connectivity index (χ0v) is 13.5. The number of benzene rings is 1. The second-order valence-corrected chi connectivity index (χ2v) is 5.71. The van der Waals surface area contributed by atoms with Gasteiger partial charge in [-0.15, -0.1) is 0 Å². The molecule has 5 heteroatoms. The fraction of sp³-hybridized carbons (Fsp3) is 0.533. The van der Waals surface area contributed by atoms with E-state index in [-0.39, 0.29) is 6.61 Å². The van der Waals surface area contributed by atoms with Crippen LogP contribution in [0.3, 0.4) is 0 Å². The van der Waals surface area contributed by atoms with Crippen molar-refractivity contribution in [2.75, 3.05) is 6.61 Å². The number of rotatable bonds is 6. The van der Waals surface area contributed by atoms with E-state index in [1.54, 1.807) is 32.0 Å². The Balaban J connectivity index is 3.17. The van der Waals surface area contributed by atoms with E-state index in [2.05, 4.69) is 0 Å². The van der Waals surface area contributed by atoms with Crippen LogP contribution in [-0.4, -0.2) is 17.7 Å². The minimum absolute atomic E-state index is 0.281. The molecule has 0 amide bonds. The fourth-order valence-corrected chi connectivity index (χ4v) is 2.85. The van der Waals surface area contributed by atoms with Crippen molar-refractivity contribution >= 4 is 29.2 Å². The average molecular weight is 319 g/mol. The maximum Gasteiger partial charge on any atom is 0.312 e. The van der Waals surface area contributed by atoms with Gasteiger partial charge in [0.05, 0.1) is 12.5 Å². The first-order chi connectivity index (χ1) is 9.34. The molecule has 0 aliphatic carbocycles. The summed E-state index contributed by atoms with van der Waals surface area (Å²) in [4.78, 5) is 12.1. The maximum absolute atomic E-state index is 12.1. The van der Waals surface area contributed by atoms with Crippen molar-refractivity contribution in [3.05, 3.63) is 33.8 Å². The Morgan fingerprint density at radius 1 is 1.40 bits per heavy atom. The monoisotopic (exact) mass is 318 g/mol. The van der Waals surface area contributed by atoms with Crippen molar-refractivity contribution in [2.45, 2.75) is 39.2 Å². The van der Waals surface area contributed by atoms with E-state index in [0.717, 1.165) is 6.42 Å². The number of carbonyl (C=O) groups excluding carboxylic acids is 1. The van der Waals surface area contributed by atoms with Crippen LogP contribution in [0.15, 0.2) is 18.2 Å². The van der Waals surface area contributed by atoms with E-state index in [9.17, 15) is 9.90 Å². The van der Waals surface area contributed by atoms with Crippen molar-refractivity contribution in [3.8, 4) is 0 Å². The zero-order valence-electron chi connectivity index (χ0n) is 12.0. The minimum atomic E-state index is -1.40. The molecule has 112 valence electrons. The van der Waals surface area contributed by atoms with Crippen LogP contribution in [0.2, 0.25) is 10.0 Å². The molecule has 0 saturated heterocycles. The molecule has 1 rings (SSSR count). The molecule has 0 saturated carbocycles. The third-order valence-corrected chi connectivity index (χ3v) is 3.85. The molecule has 0 radical (unpaired) electrons. The maximum atomic E-state index is 12.1. The lowest BCUT2D eigenvalue weighted by atomic mass is 9.80. The molecule has 0 aliphatic heterocycles. The van der Waals surface area contributed by atoms with Crippen LogP contribution in [-0.2, 0) is 15.1 Å². The van der Waals surface area contributed by atoms with E-state index in [0.29, 0.717) is 22.0 Å². The Hall–Kier alpha value is -0.770. The largest absolute Gasteiger partial charge is 0.466 e. The van der Waals surface area contributed by atoms with E-state index in [4.69, 9.17) is 27.9 Å². The third-order valence-electron chi connectivity index (χ3n) is 3.30. The van der Waals surface area contributed by atoms with E-state index < -0.39 is 17.5 Å². The van der Waals surface area contributed by atoms with Crippen LogP contribution in [0.5, 0.6) is 0 Å². The SMILES string of the molecule is CCCC(C(=O)OCC)C(C)(O)c1ccc(Cl)cc1Cl. The van der Waals surface area contributed by atoms with Gasteiger partial charge in [-0.2, -0.15) is 0 Å². The summed E-state index contributed by atoms with van der Waals surface area (Å²) in [6.07, 6.45) is 1.27. The van der Waals surface area contributed by atoms with Gasteiger partial charge in [0.2, 0.25) is 0 Å². The van der Waals surface area contributed by atoms with Gasteiger partial charge in [-0.05, 0) is 32.4 Å².